The molecule has 1 saturated carbocycles. The third kappa shape index (κ3) is 3.09. The number of carbonyl (C=O) groups is 1. The molecule has 2 rings (SSSR count). The van der Waals surface area contributed by atoms with Gasteiger partial charge in [-0.1, -0.05) is 0 Å². The molecule has 1 aromatic carbocycles. The van der Waals surface area contributed by atoms with Gasteiger partial charge in [-0.3, -0.25) is 4.79 Å². The number of halogens is 1. The lowest BCUT2D eigenvalue weighted by Gasteiger charge is -2.21. The fraction of sp³-hybridized carbons (Fsp3) is 0.462. The molecule has 0 unspecified atom stereocenters. The molecule has 0 N–H and O–H groups in total. The van der Waals surface area contributed by atoms with E-state index in [1.165, 1.54) is 18.2 Å². The van der Waals surface area contributed by atoms with Crippen LogP contribution in [0.1, 0.15) is 35.7 Å². The van der Waals surface area contributed by atoms with E-state index in [4.69, 9.17) is 10.7 Å². The molecular weight excluding hydrogens is 286 g/mol. The number of nitrogens with zero attached hydrogens (tertiary/aromatic N) is 1. The molecule has 0 radical (unpaired) electrons. The lowest BCUT2D eigenvalue weighted by atomic mass is 10.1. The van der Waals surface area contributed by atoms with Crippen LogP contribution in [0, 0.1) is 6.92 Å². The number of aryl methyl sites for hydroxylation is 1. The molecule has 0 bridgehead atoms. The molecule has 1 aromatic rings. The Morgan fingerprint density at radius 1 is 1.42 bits per heavy atom. The Bertz CT molecular complexity index is 608. The zero-order chi connectivity index (χ0) is 14.2. The monoisotopic (exact) mass is 301 g/mol. The van der Waals surface area contributed by atoms with E-state index < -0.39 is 9.05 Å². The first-order chi connectivity index (χ1) is 8.84. The second kappa shape index (κ2) is 5.13. The SMILES string of the molecule is CCN(C(=O)c1ccc(S(=O)(=O)Cl)cc1C)C1CC1. The van der Waals surface area contributed by atoms with Gasteiger partial charge < -0.3 is 4.90 Å². The van der Waals surface area contributed by atoms with Crippen molar-refractivity contribution >= 4 is 25.6 Å². The molecule has 0 atom stereocenters. The lowest BCUT2D eigenvalue weighted by Crippen LogP contribution is -2.33. The Balaban J connectivity index is 2.33. The summed E-state index contributed by atoms with van der Waals surface area (Å²) in [5.74, 6) is -0.0407. The average Bonchev–Trinajstić information content (AvgIpc) is 3.13. The second-order valence-electron chi connectivity index (χ2n) is 4.74. The summed E-state index contributed by atoms with van der Waals surface area (Å²) in [5.41, 5.74) is 1.17. The van der Waals surface area contributed by atoms with E-state index >= 15 is 0 Å². The third-order valence-electron chi connectivity index (χ3n) is 3.30. The van der Waals surface area contributed by atoms with Gasteiger partial charge in [0.2, 0.25) is 0 Å². The highest BCUT2D eigenvalue weighted by atomic mass is 35.7. The largest absolute Gasteiger partial charge is 0.336 e. The van der Waals surface area contributed by atoms with E-state index in [2.05, 4.69) is 0 Å². The minimum Gasteiger partial charge on any atom is -0.336 e. The maximum Gasteiger partial charge on any atom is 0.261 e. The van der Waals surface area contributed by atoms with Gasteiger partial charge in [0, 0.05) is 28.8 Å². The normalized spacial score (nSPS) is 15.3. The Kier molecular flexibility index (Phi) is 3.87. The topological polar surface area (TPSA) is 54.5 Å². The summed E-state index contributed by atoms with van der Waals surface area (Å²) in [5, 5.41) is 0. The van der Waals surface area contributed by atoms with Crippen molar-refractivity contribution in [3.05, 3.63) is 29.3 Å². The van der Waals surface area contributed by atoms with Crippen LogP contribution in [0.25, 0.3) is 0 Å². The first kappa shape index (κ1) is 14.3. The molecule has 0 aliphatic heterocycles. The molecule has 1 aliphatic carbocycles. The number of carbonyl (C=O) groups excluding carboxylic acids is 1. The minimum absolute atomic E-state index is 0.0256. The summed E-state index contributed by atoms with van der Waals surface area (Å²) in [7, 11) is 1.54. The summed E-state index contributed by atoms with van der Waals surface area (Å²) in [6.45, 7) is 4.33. The van der Waals surface area contributed by atoms with Crippen molar-refractivity contribution in [1.29, 1.82) is 0 Å². The van der Waals surface area contributed by atoms with E-state index in [0.29, 0.717) is 23.7 Å². The van der Waals surface area contributed by atoms with Gasteiger partial charge in [0.15, 0.2) is 0 Å². The summed E-state index contributed by atoms with van der Waals surface area (Å²) in [6, 6.07) is 4.70. The van der Waals surface area contributed by atoms with Gasteiger partial charge in [-0.05, 0) is 50.5 Å². The Morgan fingerprint density at radius 3 is 2.47 bits per heavy atom. The quantitative estimate of drug-likeness (QED) is 0.803. The van der Waals surface area contributed by atoms with Crippen molar-refractivity contribution in [3.8, 4) is 0 Å². The maximum absolute atomic E-state index is 12.4. The van der Waals surface area contributed by atoms with Crippen molar-refractivity contribution in [2.75, 3.05) is 6.54 Å². The molecule has 0 heterocycles. The van der Waals surface area contributed by atoms with Gasteiger partial charge in [0.1, 0.15) is 0 Å². The maximum atomic E-state index is 12.4. The van der Waals surface area contributed by atoms with Crippen LogP contribution in [-0.4, -0.2) is 31.8 Å². The number of hydrogen-bond acceptors (Lipinski definition) is 3. The van der Waals surface area contributed by atoms with Crippen LogP contribution in [0.2, 0.25) is 0 Å². The highest BCUT2D eigenvalue weighted by molar-refractivity contribution is 8.13. The van der Waals surface area contributed by atoms with Gasteiger partial charge in [-0.25, -0.2) is 8.42 Å². The molecule has 1 fully saturated rings. The highest BCUT2D eigenvalue weighted by Crippen LogP contribution is 2.29. The summed E-state index contributed by atoms with van der Waals surface area (Å²) in [6.07, 6.45) is 2.10. The summed E-state index contributed by atoms with van der Waals surface area (Å²) >= 11 is 0. The molecule has 0 aromatic heterocycles. The van der Waals surface area contributed by atoms with Gasteiger partial charge in [-0.15, -0.1) is 0 Å². The Morgan fingerprint density at radius 2 is 2.05 bits per heavy atom. The van der Waals surface area contributed by atoms with Crippen LogP contribution in [0.3, 0.4) is 0 Å². The number of rotatable bonds is 4. The van der Waals surface area contributed by atoms with E-state index in [1.807, 2.05) is 11.8 Å². The van der Waals surface area contributed by atoms with Crippen LogP contribution in [0.5, 0.6) is 0 Å². The van der Waals surface area contributed by atoms with Crippen LogP contribution in [0.15, 0.2) is 23.1 Å². The van der Waals surface area contributed by atoms with Crippen molar-refractivity contribution in [2.45, 2.75) is 37.6 Å². The first-order valence-electron chi connectivity index (χ1n) is 6.21. The summed E-state index contributed by atoms with van der Waals surface area (Å²) in [4.78, 5) is 14.2. The lowest BCUT2D eigenvalue weighted by molar-refractivity contribution is 0.0751. The Hall–Kier alpha value is -1.07. The third-order valence-corrected chi connectivity index (χ3v) is 4.65. The van der Waals surface area contributed by atoms with E-state index in [0.717, 1.165) is 12.8 Å². The predicted molar refractivity (Wildman–Crippen MR) is 74.0 cm³/mol. The molecule has 104 valence electrons. The van der Waals surface area contributed by atoms with Crippen LogP contribution >= 0.6 is 10.7 Å². The molecule has 1 aliphatic rings. The fourth-order valence-corrected chi connectivity index (χ4v) is 2.97. The van der Waals surface area contributed by atoms with Gasteiger partial charge in [0.25, 0.3) is 15.0 Å². The van der Waals surface area contributed by atoms with Gasteiger partial charge in [0.05, 0.1) is 4.90 Å². The minimum atomic E-state index is -3.75. The van der Waals surface area contributed by atoms with E-state index in [1.54, 1.807) is 6.92 Å². The number of benzene rings is 1. The molecule has 6 heteroatoms. The van der Waals surface area contributed by atoms with Crippen molar-refractivity contribution in [2.24, 2.45) is 0 Å². The smallest absolute Gasteiger partial charge is 0.261 e. The highest BCUT2D eigenvalue weighted by Gasteiger charge is 2.32. The van der Waals surface area contributed by atoms with Gasteiger partial charge >= 0.3 is 0 Å². The first-order valence-corrected chi connectivity index (χ1v) is 8.51. The van der Waals surface area contributed by atoms with Crippen LogP contribution in [-0.2, 0) is 9.05 Å². The number of amides is 1. The van der Waals surface area contributed by atoms with Crippen molar-refractivity contribution < 1.29 is 13.2 Å². The van der Waals surface area contributed by atoms with E-state index in [9.17, 15) is 13.2 Å². The standard InChI is InChI=1S/C13H16ClNO3S/c1-3-15(10-4-5-10)13(16)12-7-6-11(8-9(12)2)19(14,17)18/h6-8,10H,3-5H2,1-2H3. The molecule has 0 saturated heterocycles. The fourth-order valence-electron chi connectivity index (χ4n) is 2.14. The Labute approximate surface area is 117 Å². The molecule has 19 heavy (non-hydrogen) atoms. The average molecular weight is 302 g/mol. The summed E-state index contributed by atoms with van der Waals surface area (Å²) < 4.78 is 22.5. The van der Waals surface area contributed by atoms with E-state index in [-0.39, 0.29) is 10.8 Å². The molecule has 4 nitrogen and oxygen atoms in total. The van der Waals surface area contributed by atoms with Crippen LogP contribution < -0.4 is 0 Å². The zero-order valence-corrected chi connectivity index (χ0v) is 12.5. The zero-order valence-electron chi connectivity index (χ0n) is 10.9. The predicted octanol–water partition coefficient (Wildman–Crippen LogP) is 2.55. The molecule has 1 amide bonds. The van der Waals surface area contributed by atoms with Gasteiger partial charge in [-0.2, -0.15) is 0 Å². The van der Waals surface area contributed by atoms with Crippen molar-refractivity contribution in [1.82, 2.24) is 4.90 Å². The molecular formula is C13H16ClNO3S. The van der Waals surface area contributed by atoms with Crippen molar-refractivity contribution in [3.63, 3.8) is 0 Å². The molecule has 0 spiro atoms. The van der Waals surface area contributed by atoms with Crippen LogP contribution in [0.4, 0.5) is 0 Å². The second-order valence-corrected chi connectivity index (χ2v) is 7.30. The number of hydrogen-bond donors (Lipinski definition) is 0.